The molecule has 9 nitrogen and oxygen atoms in total. The van der Waals surface area contributed by atoms with Crippen LogP contribution in [-0.2, 0) is 32.7 Å². The number of unbranched alkanes of at least 4 members (excludes halogenated alkanes) is 21. The lowest BCUT2D eigenvalue weighted by atomic mass is 10.0. The van der Waals surface area contributed by atoms with E-state index in [1.165, 1.54) is 89.9 Å². The third-order valence-electron chi connectivity index (χ3n) is 15.8. The SMILES string of the molecule is CC/C=C\C/C=C\C/C=C\C/C=C\C/C=C\C/C=C\C/C=C\C/C=C\C/C=C\CCCCCCCCCCCCCCCC(=O)OC(COC(=O)CCCCCCCCCC/C=C\C/C=C\C/C=C\C/C=C\C/C=C\C/C=C\C/C=C\C/C=C\CC)COP(=O)([O-])OCC[N+](C)(C)C. The number of hydrogen-bond acceptors (Lipinski definition) is 8. The van der Waals surface area contributed by atoms with Crippen LogP contribution >= 0.6 is 7.82 Å². The molecule has 0 aromatic rings. The van der Waals surface area contributed by atoms with Crippen molar-refractivity contribution in [3.05, 3.63) is 207 Å². The van der Waals surface area contributed by atoms with E-state index in [4.69, 9.17) is 18.5 Å². The maximum absolute atomic E-state index is 12.9. The molecule has 0 saturated carbocycles. The topological polar surface area (TPSA) is 111 Å². The van der Waals surface area contributed by atoms with Gasteiger partial charge < -0.3 is 27.9 Å². The van der Waals surface area contributed by atoms with Crippen molar-refractivity contribution in [2.45, 2.75) is 290 Å². The van der Waals surface area contributed by atoms with Gasteiger partial charge in [-0.2, -0.15) is 0 Å². The summed E-state index contributed by atoms with van der Waals surface area (Å²) in [4.78, 5) is 38.2. The number of hydrogen-bond donors (Lipinski definition) is 0. The first-order valence-corrected chi connectivity index (χ1v) is 40.3. The average Bonchev–Trinajstić information content (AvgIpc) is 1.08. The molecule has 0 aliphatic carbocycles. The molecule has 0 aromatic heterocycles. The van der Waals surface area contributed by atoms with Crippen LogP contribution in [0.1, 0.15) is 284 Å². The molecular formula is C88H142NO8P. The van der Waals surface area contributed by atoms with Crippen molar-refractivity contribution in [2.75, 3.05) is 47.5 Å². The first kappa shape index (κ1) is 92.6. The second-order valence-electron chi connectivity index (χ2n) is 26.3. The Bertz CT molecular complexity index is 2410. The number of ether oxygens (including phenoxy) is 2. The summed E-state index contributed by atoms with van der Waals surface area (Å²) in [5.41, 5.74) is 0. The Morgan fingerprint density at radius 3 is 0.816 bits per heavy atom. The maximum atomic E-state index is 12.9. The van der Waals surface area contributed by atoms with Crippen LogP contribution in [0.15, 0.2) is 207 Å². The number of phosphoric ester groups is 1. The number of carbonyl (C=O) groups excluding carboxylic acids is 2. The second-order valence-corrected chi connectivity index (χ2v) is 27.7. The van der Waals surface area contributed by atoms with E-state index in [-0.39, 0.29) is 26.1 Å². The minimum atomic E-state index is -4.66. The van der Waals surface area contributed by atoms with Crippen LogP contribution in [-0.4, -0.2) is 70.0 Å². The number of nitrogens with zero attached hydrogens (tertiary/aromatic N) is 1. The third kappa shape index (κ3) is 79.6. The van der Waals surface area contributed by atoms with E-state index in [0.717, 1.165) is 154 Å². The highest BCUT2D eigenvalue weighted by Crippen LogP contribution is 2.38. The molecule has 0 amide bonds. The van der Waals surface area contributed by atoms with Crippen LogP contribution in [0.5, 0.6) is 0 Å². The molecule has 10 heteroatoms. The van der Waals surface area contributed by atoms with Crippen molar-refractivity contribution in [1.29, 1.82) is 0 Å². The molecule has 0 heterocycles. The van der Waals surface area contributed by atoms with Gasteiger partial charge >= 0.3 is 11.9 Å². The van der Waals surface area contributed by atoms with Gasteiger partial charge in [0.25, 0.3) is 7.82 Å². The van der Waals surface area contributed by atoms with Crippen molar-refractivity contribution in [3.8, 4) is 0 Å². The molecule has 0 rings (SSSR count). The van der Waals surface area contributed by atoms with Gasteiger partial charge in [0.15, 0.2) is 6.10 Å². The largest absolute Gasteiger partial charge is 0.756 e. The van der Waals surface area contributed by atoms with Gasteiger partial charge in [0.1, 0.15) is 19.8 Å². The monoisotopic (exact) mass is 1370 g/mol. The van der Waals surface area contributed by atoms with Gasteiger partial charge in [-0.25, -0.2) is 0 Å². The summed E-state index contributed by atoms with van der Waals surface area (Å²) in [6, 6.07) is 0. The summed E-state index contributed by atoms with van der Waals surface area (Å²) in [6.45, 7) is 3.99. The number of rotatable bonds is 69. The summed E-state index contributed by atoms with van der Waals surface area (Å²) < 4.78 is 34.4. The number of quaternary nitrogens is 1. The quantitative estimate of drug-likeness (QED) is 0.0195. The number of allylic oxidation sites excluding steroid dienone is 34. The molecule has 0 aromatic carbocycles. The fraction of sp³-hybridized carbons (Fsp3) is 0.591. The van der Waals surface area contributed by atoms with Crippen LogP contribution in [0.4, 0.5) is 0 Å². The Morgan fingerprint density at radius 2 is 0.551 bits per heavy atom. The molecule has 0 fully saturated rings. The van der Waals surface area contributed by atoms with Crippen LogP contribution < -0.4 is 4.89 Å². The molecule has 0 saturated heterocycles. The lowest BCUT2D eigenvalue weighted by Crippen LogP contribution is -2.37. The highest BCUT2D eigenvalue weighted by molar-refractivity contribution is 7.45. The minimum Gasteiger partial charge on any atom is -0.756 e. The molecule has 0 bridgehead atoms. The zero-order chi connectivity index (χ0) is 71.1. The summed E-state index contributed by atoms with van der Waals surface area (Å²) in [5.74, 6) is -0.853. The van der Waals surface area contributed by atoms with E-state index < -0.39 is 32.5 Å². The van der Waals surface area contributed by atoms with E-state index in [1.807, 2.05) is 21.1 Å². The number of phosphoric acid groups is 1. The van der Waals surface area contributed by atoms with Crippen molar-refractivity contribution >= 4 is 19.8 Å². The Balaban J connectivity index is 4.09. The lowest BCUT2D eigenvalue weighted by Gasteiger charge is -2.28. The lowest BCUT2D eigenvalue weighted by molar-refractivity contribution is -0.870. The highest BCUT2D eigenvalue weighted by Gasteiger charge is 2.22. The van der Waals surface area contributed by atoms with Gasteiger partial charge in [0.2, 0.25) is 0 Å². The number of likely N-dealkylation sites (N-methyl/N-ethyl adjacent to an activating group) is 1. The maximum Gasteiger partial charge on any atom is 0.306 e. The Kier molecular flexibility index (Phi) is 71.6. The Hall–Kier alpha value is -5.41. The number of esters is 2. The zero-order valence-electron chi connectivity index (χ0n) is 62.9. The van der Waals surface area contributed by atoms with E-state index in [0.29, 0.717) is 23.9 Å². The standard InChI is InChI=1S/C88H142NO8P/c1-6-8-10-12-14-16-18-20-22-24-26-28-30-32-34-36-38-40-41-42-43-44-45-46-47-49-51-53-55-57-59-61-63-65-67-69-71-73-75-77-79-81-88(91)97-86(85-96-98(92,93)95-83-82-89(3,4)5)84-94-87(90)80-78-76-74-72-70-68-66-64-62-60-58-56-54-52-50-48-39-37-35-33-31-29-27-25-23-21-19-17-15-13-11-9-7-2/h8-11,14-17,20-23,26-29,32-35,38-40,42-43,45-46,48-49,51-52,54,58,60,86H,6-7,12-13,18-19,24-25,30-31,36-37,41,44,47,50,53,55-57,59,61-85H2,1-5H3/b10-8-,11-9-,16-14-,17-15-,22-20-,23-21-,28-26-,29-27-,34-32-,35-33-,40-38-,43-42-,46-45-,48-39-,51-49-,54-52-,60-58-. The van der Waals surface area contributed by atoms with Gasteiger partial charge in [-0.15, -0.1) is 0 Å². The van der Waals surface area contributed by atoms with Crippen LogP contribution in [0.2, 0.25) is 0 Å². The average molecular weight is 1370 g/mol. The van der Waals surface area contributed by atoms with Gasteiger partial charge in [-0.05, 0) is 148 Å². The summed E-state index contributed by atoms with van der Waals surface area (Å²) in [6.07, 6.45) is 119. The van der Waals surface area contributed by atoms with Gasteiger partial charge in [0.05, 0.1) is 27.7 Å². The summed E-state index contributed by atoms with van der Waals surface area (Å²) in [5, 5.41) is 0. The molecule has 0 aliphatic heterocycles. The van der Waals surface area contributed by atoms with Crippen molar-refractivity contribution in [3.63, 3.8) is 0 Å². The predicted octanol–water partition coefficient (Wildman–Crippen LogP) is 25.5. The van der Waals surface area contributed by atoms with Crippen molar-refractivity contribution < 1.29 is 42.1 Å². The van der Waals surface area contributed by atoms with Gasteiger partial charge in [0, 0.05) is 12.8 Å². The van der Waals surface area contributed by atoms with E-state index in [9.17, 15) is 19.0 Å². The molecule has 0 N–H and O–H groups in total. The molecule has 98 heavy (non-hydrogen) atoms. The van der Waals surface area contributed by atoms with Gasteiger partial charge in [-0.1, -0.05) is 330 Å². The zero-order valence-corrected chi connectivity index (χ0v) is 63.8. The molecule has 0 aliphatic rings. The molecule has 0 radical (unpaired) electrons. The minimum absolute atomic E-state index is 0.0421. The van der Waals surface area contributed by atoms with E-state index in [1.54, 1.807) is 0 Å². The Labute approximate surface area is 602 Å². The third-order valence-corrected chi connectivity index (χ3v) is 16.8. The van der Waals surface area contributed by atoms with E-state index >= 15 is 0 Å². The molecular weight excluding hydrogens is 1230 g/mol. The predicted molar refractivity (Wildman–Crippen MR) is 424 cm³/mol. The first-order chi connectivity index (χ1) is 48.0. The fourth-order valence-corrected chi connectivity index (χ4v) is 10.7. The fourth-order valence-electron chi connectivity index (χ4n) is 9.96. The normalized spacial score (nSPS) is 14.2. The van der Waals surface area contributed by atoms with Crippen LogP contribution in [0, 0.1) is 0 Å². The van der Waals surface area contributed by atoms with Crippen LogP contribution in [0.3, 0.4) is 0 Å². The van der Waals surface area contributed by atoms with Crippen LogP contribution in [0.25, 0.3) is 0 Å². The smallest absolute Gasteiger partial charge is 0.306 e. The Morgan fingerprint density at radius 1 is 0.316 bits per heavy atom. The van der Waals surface area contributed by atoms with E-state index in [2.05, 4.69) is 220 Å². The molecule has 552 valence electrons. The van der Waals surface area contributed by atoms with Crippen molar-refractivity contribution in [2.24, 2.45) is 0 Å². The highest BCUT2D eigenvalue weighted by atomic mass is 31.2. The van der Waals surface area contributed by atoms with Gasteiger partial charge in [-0.3, -0.25) is 14.2 Å². The molecule has 2 unspecified atom stereocenters. The van der Waals surface area contributed by atoms with Crippen molar-refractivity contribution in [1.82, 2.24) is 0 Å². The summed E-state index contributed by atoms with van der Waals surface area (Å²) >= 11 is 0. The second kappa shape index (κ2) is 75.8. The molecule has 2 atom stereocenters. The molecule has 0 spiro atoms. The summed E-state index contributed by atoms with van der Waals surface area (Å²) in [7, 11) is 1.14. The number of carbonyl (C=O) groups is 2. The first-order valence-electron chi connectivity index (χ1n) is 38.8.